The molecule has 2 atom stereocenters. The molecule has 0 spiro atoms. The number of halogens is 1. The monoisotopic (exact) mass is 302 g/mol. The molecule has 0 N–H and O–H groups in total. The molecular formula is C11H15BrN2OS. The van der Waals surface area contributed by atoms with E-state index < -0.39 is 0 Å². The molecule has 0 aliphatic carbocycles. The largest absolute Gasteiger partial charge is 0.333 e. The van der Waals surface area contributed by atoms with Crippen LogP contribution in [0.5, 0.6) is 0 Å². The maximum Gasteiger partial charge on any atom is 0.223 e. The third-order valence-electron chi connectivity index (χ3n) is 2.92. The Labute approximate surface area is 108 Å². The molecule has 3 nitrogen and oxygen atoms in total. The molecule has 0 saturated carbocycles. The number of nitrogens with zero attached hydrogens (tertiary/aromatic N) is 2. The summed E-state index contributed by atoms with van der Waals surface area (Å²) in [6.45, 7) is 4.90. The summed E-state index contributed by atoms with van der Waals surface area (Å²) in [6, 6.07) is 0.121. The standard InChI is InChI=1S/C11H15BrN2OS/c1-7-6-16-11(13-7)8(2)14-5-9(4-12)3-10(14)15/h6,8-9H,3-5H2,1-2H3. The summed E-state index contributed by atoms with van der Waals surface area (Å²) in [7, 11) is 0. The van der Waals surface area contributed by atoms with Gasteiger partial charge in [-0.2, -0.15) is 0 Å². The SMILES string of the molecule is Cc1csc(C(C)N2CC(CBr)CC2=O)n1. The van der Waals surface area contributed by atoms with Crippen LogP contribution in [0.3, 0.4) is 0 Å². The smallest absolute Gasteiger partial charge is 0.223 e. The van der Waals surface area contributed by atoms with Crippen LogP contribution in [-0.4, -0.2) is 27.7 Å². The number of rotatable bonds is 3. The Morgan fingerprint density at radius 2 is 2.50 bits per heavy atom. The van der Waals surface area contributed by atoms with Crippen LogP contribution in [0.2, 0.25) is 0 Å². The highest BCUT2D eigenvalue weighted by molar-refractivity contribution is 9.09. The Hall–Kier alpha value is -0.420. The summed E-state index contributed by atoms with van der Waals surface area (Å²) < 4.78 is 0. The van der Waals surface area contributed by atoms with Crippen molar-refractivity contribution in [3.05, 3.63) is 16.1 Å². The molecular weight excluding hydrogens is 288 g/mol. The number of likely N-dealkylation sites (tertiary alicyclic amines) is 1. The highest BCUT2D eigenvalue weighted by Crippen LogP contribution is 2.30. The van der Waals surface area contributed by atoms with Gasteiger partial charge in [0.05, 0.1) is 6.04 Å². The van der Waals surface area contributed by atoms with E-state index in [1.165, 1.54) is 0 Å². The fraction of sp³-hybridized carbons (Fsp3) is 0.636. The van der Waals surface area contributed by atoms with Gasteiger partial charge in [-0.15, -0.1) is 11.3 Å². The molecule has 5 heteroatoms. The normalized spacial score (nSPS) is 22.8. The van der Waals surface area contributed by atoms with Gasteiger partial charge < -0.3 is 4.90 Å². The third-order valence-corrected chi connectivity index (χ3v) is 4.97. The Morgan fingerprint density at radius 3 is 3.00 bits per heavy atom. The van der Waals surface area contributed by atoms with Crippen molar-refractivity contribution in [2.75, 3.05) is 11.9 Å². The summed E-state index contributed by atoms with van der Waals surface area (Å²) >= 11 is 5.09. The van der Waals surface area contributed by atoms with Crippen LogP contribution >= 0.6 is 27.3 Å². The second-order valence-electron chi connectivity index (χ2n) is 4.27. The maximum absolute atomic E-state index is 11.8. The number of carbonyl (C=O) groups excluding carboxylic acids is 1. The van der Waals surface area contributed by atoms with Crippen LogP contribution in [0.4, 0.5) is 0 Å². The zero-order valence-corrected chi connectivity index (χ0v) is 11.8. The van der Waals surface area contributed by atoms with Crippen molar-refractivity contribution in [2.24, 2.45) is 5.92 Å². The first-order valence-corrected chi connectivity index (χ1v) is 7.39. The first-order valence-electron chi connectivity index (χ1n) is 5.39. The molecule has 2 heterocycles. The van der Waals surface area contributed by atoms with Gasteiger partial charge in [0.1, 0.15) is 5.01 Å². The zero-order valence-electron chi connectivity index (χ0n) is 9.44. The van der Waals surface area contributed by atoms with Gasteiger partial charge in [0, 0.05) is 29.4 Å². The lowest BCUT2D eigenvalue weighted by Crippen LogP contribution is -2.28. The summed E-state index contributed by atoms with van der Waals surface area (Å²) in [6.07, 6.45) is 0.667. The van der Waals surface area contributed by atoms with E-state index >= 15 is 0 Å². The van der Waals surface area contributed by atoms with E-state index in [4.69, 9.17) is 0 Å². The van der Waals surface area contributed by atoms with Gasteiger partial charge in [0.15, 0.2) is 0 Å². The van der Waals surface area contributed by atoms with Crippen molar-refractivity contribution in [3.8, 4) is 0 Å². The second-order valence-corrected chi connectivity index (χ2v) is 5.81. The first-order chi connectivity index (χ1) is 7.61. The Bertz CT molecular complexity index is 393. The Morgan fingerprint density at radius 1 is 1.75 bits per heavy atom. The van der Waals surface area contributed by atoms with Crippen LogP contribution in [-0.2, 0) is 4.79 Å². The fourth-order valence-electron chi connectivity index (χ4n) is 1.98. The van der Waals surface area contributed by atoms with Crippen molar-refractivity contribution < 1.29 is 4.79 Å². The molecule has 88 valence electrons. The van der Waals surface area contributed by atoms with Gasteiger partial charge in [-0.3, -0.25) is 4.79 Å². The highest BCUT2D eigenvalue weighted by Gasteiger charge is 2.33. The fourth-order valence-corrected chi connectivity index (χ4v) is 3.28. The van der Waals surface area contributed by atoms with E-state index in [0.29, 0.717) is 12.3 Å². The summed E-state index contributed by atoms with van der Waals surface area (Å²) in [5, 5.41) is 3.98. The predicted molar refractivity (Wildman–Crippen MR) is 68.9 cm³/mol. The molecule has 2 unspecified atom stereocenters. The maximum atomic E-state index is 11.8. The molecule has 1 aliphatic heterocycles. The van der Waals surface area contributed by atoms with Gasteiger partial charge in [0.25, 0.3) is 0 Å². The van der Waals surface area contributed by atoms with Crippen LogP contribution in [0.1, 0.15) is 30.1 Å². The van der Waals surface area contributed by atoms with Gasteiger partial charge in [-0.1, -0.05) is 15.9 Å². The molecule has 1 fully saturated rings. The van der Waals surface area contributed by atoms with Gasteiger partial charge in [0.2, 0.25) is 5.91 Å². The van der Waals surface area contributed by atoms with Crippen LogP contribution in [0.25, 0.3) is 0 Å². The topological polar surface area (TPSA) is 33.2 Å². The molecule has 16 heavy (non-hydrogen) atoms. The van der Waals surface area contributed by atoms with E-state index in [9.17, 15) is 4.79 Å². The van der Waals surface area contributed by atoms with Crippen molar-refractivity contribution >= 4 is 33.2 Å². The number of carbonyl (C=O) groups is 1. The molecule has 1 amide bonds. The third kappa shape index (κ3) is 2.30. The highest BCUT2D eigenvalue weighted by atomic mass is 79.9. The average Bonchev–Trinajstić information content (AvgIpc) is 2.83. The molecule has 1 aromatic rings. The van der Waals surface area contributed by atoms with Crippen LogP contribution in [0.15, 0.2) is 5.38 Å². The van der Waals surface area contributed by atoms with E-state index in [-0.39, 0.29) is 11.9 Å². The van der Waals surface area contributed by atoms with Gasteiger partial charge in [-0.25, -0.2) is 4.98 Å². The molecule has 1 saturated heterocycles. The number of hydrogen-bond donors (Lipinski definition) is 0. The number of aryl methyl sites for hydroxylation is 1. The van der Waals surface area contributed by atoms with Crippen molar-refractivity contribution in [2.45, 2.75) is 26.3 Å². The van der Waals surface area contributed by atoms with Crippen LogP contribution < -0.4 is 0 Å². The Balaban J connectivity index is 2.10. The quantitative estimate of drug-likeness (QED) is 0.805. The minimum atomic E-state index is 0.121. The van der Waals surface area contributed by atoms with E-state index in [0.717, 1.165) is 22.6 Å². The average molecular weight is 303 g/mol. The van der Waals surface area contributed by atoms with Crippen molar-refractivity contribution in [1.29, 1.82) is 0 Å². The minimum Gasteiger partial charge on any atom is -0.333 e. The van der Waals surface area contributed by atoms with Gasteiger partial charge >= 0.3 is 0 Å². The number of hydrogen-bond acceptors (Lipinski definition) is 3. The molecule has 1 aromatic heterocycles. The first kappa shape index (κ1) is 12.0. The van der Waals surface area contributed by atoms with Crippen molar-refractivity contribution in [3.63, 3.8) is 0 Å². The molecule has 1 aliphatic rings. The number of alkyl halides is 1. The Kier molecular flexibility index (Phi) is 3.64. The lowest BCUT2D eigenvalue weighted by molar-refractivity contribution is -0.129. The number of thiazole rings is 1. The molecule has 0 bridgehead atoms. The lowest BCUT2D eigenvalue weighted by atomic mass is 10.2. The van der Waals surface area contributed by atoms with E-state index in [2.05, 4.69) is 27.8 Å². The molecule has 0 aromatic carbocycles. The number of amides is 1. The lowest BCUT2D eigenvalue weighted by Gasteiger charge is -2.22. The number of aromatic nitrogens is 1. The molecule has 2 rings (SSSR count). The summed E-state index contributed by atoms with van der Waals surface area (Å²) in [4.78, 5) is 18.2. The minimum absolute atomic E-state index is 0.121. The second kappa shape index (κ2) is 4.84. The van der Waals surface area contributed by atoms with E-state index in [1.807, 2.05) is 17.2 Å². The van der Waals surface area contributed by atoms with Crippen molar-refractivity contribution in [1.82, 2.24) is 9.88 Å². The predicted octanol–water partition coefficient (Wildman–Crippen LogP) is 2.76. The van der Waals surface area contributed by atoms with Gasteiger partial charge in [-0.05, 0) is 19.8 Å². The van der Waals surface area contributed by atoms with E-state index in [1.54, 1.807) is 11.3 Å². The summed E-state index contributed by atoms with van der Waals surface area (Å²) in [5.74, 6) is 0.709. The zero-order chi connectivity index (χ0) is 11.7. The summed E-state index contributed by atoms with van der Waals surface area (Å²) in [5.41, 5.74) is 1.04. The molecule has 0 radical (unpaired) electrons. The van der Waals surface area contributed by atoms with Crippen LogP contribution in [0, 0.1) is 12.8 Å².